The molecule has 0 unspecified atom stereocenters. The van der Waals surface area contributed by atoms with Crippen molar-refractivity contribution in [3.8, 4) is 0 Å². The van der Waals surface area contributed by atoms with Gasteiger partial charge in [-0.1, -0.05) is 56.1 Å². The van der Waals surface area contributed by atoms with Crippen LogP contribution >= 0.6 is 31.9 Å². The van der Waals surface area contributed by atoms with Gasteiger partial charge in [0, 0.05) is 11.1 Å². The zero-order valence-electron chi connectivity index (χ0n) is 7.30. The zero-order valence-corrected chi connectivity index (χ0v) is 10.5. The van der Waals surface area contributed by atoms with Crippen molar-refractivity contribution in [3.63, 3.8) is 0 Å². The standard InChI is InChI=1S/C10H8Br2O2/c11-5-9(13)7-3-1-2-4-8(7)10(14)6-12/h1-4H,5-6H2. The molecular formula is C10H8Br2O2. The van der Waals surface area contributed by atoms with Crippen LogP contribution in [0.1, 0.15) is 20.7 Å². The molecule has 0 atom stereocenters. The van der Waals surface area contributed by atoms with Gasteiger partial charge in [-0.15, -0.1) is 0 Å². The first-order valence-electron chi connectivity index (χ1n) is 3.98. The Morgan fingerprint density at radius 1 is 0.929 bits per heavy atom. The lowest BCUT2D eigenvalue weighted by Crippen LogP contribution is -2.10. The fourth-order valence-electron chi connectivity index (χ4n) is 1.11. The summed E-state index contributed by atoms with van der Waals surface area (Å²) in [6.07, 6.45) is 0. The predicted molar refractivity (Wildman–Crippen MR) is 62.7 cm³/mol. The first-order valence-corrected chi connectivity index (χ1v) is 6.22. The zero-order chi connectivity index (χ0) is 10.6. The van der Waals surface area contributed by atoms with E-state index in [4.69, 9.17) is 0 Å². The highest BCUT2D eigenvalue weighted by molar-refractivity contribution is 9.09. The molecule has 14 heavy (non-hydrogen) atoms. The monoisotopic (exact) mass is 318 g/mol. The number of halogens is 2. The van der Waals surface area contributed by atoms with Crippen LogP contribution in [0.4, 0.5) is 0 Å². The van der Waals surface area contributed by atoms with Gasteiger partial charge in [0.2, 0.25) is 0 Å². The Kier molecular flexibility index (Phi) is 4.48. The van der Waals surface area contributed by atoms with E-state index in [1.165, 1.54) is 0 Å². The van der Waals surface area contributed by atoms with Gasteiger partial charge >= 0.3 is 0 Å². The van der Waals surface area contributed by atoms with Crippen molar-refractivity contribution < 1.29 is 9.59 Å². The van der Waals surface area contributed by atoms with E-state index in [-0.39, 0.29) is 22.2 Å². The number of carbonyl (C=O) groups excluding carboxylic acids is 2. The summed E-state index contributed by atoms with van der Waals surface area (Å²) in [7, 11) is 0. The lowest BCUT2D eigenvalue weighted by molar-refractivity contribution is 0.0987. The average molecular weight is 320 g/mol. The number of hydrogen-bond donors (Lipinski definition) is 0. The van der Waals surface area contributed by atoms with Gasteiger partial charge in [0.25, 0.3) is 0 Å². The Hall–Kier alpha value is -0.480. The van der Waals surface area contributed by atoms with Gasteiger partial charge in [-0.05, 0) is 0 Å². The highest BCUT2D eigenvalue weighted by Gasteiger charge is 2.14. The molecule has 0 N–H and O–H groups in total. The molecule has 0 heterocycles. The summed E-state index contributed by atoms with van der Waals surface area (Å²) in [4.78, 5) is 22.9. The number of ketones is 2. The van der Waals surface area contributed by atoms with Crippen molar-refractivity contribution in [1.29, 1.82) is 0 Å². The summed E-state index contributed by atoms with van der Waals surface area (Å²) < 4.78 is 0. The molecule has 0 saturated carbocycles. The van der Waals surface area contributed by atoms with E-state index in [0.29, 0.717) is 11.1 Å². The third-order valence-electron chi connectivity index (χ3n) is 1.77. The average Bonchev–Trinajstić information content (AvgIpc) is 2.27. The maximum atomic E-state index is 11.4. The summed E-state index contributed by atoms with van der Waals surface area (Å²) in [5.74, 6) is -0.148. The molecule has 4 heteroatoms. The van der Waals surface area contributed by atoms with Crippen molar-refractivity contribution >= 4 is 43.4 Å². The third-order valence-corrected chi connectivity index (χ3v) is 2.79. The number of rotatable bonds is 4. The van der Waals surface area contributed by atoms with Crippen LogP contribution in [0.25, 0.3) is 0 Å². The number of benzene rings is 1. The number of Topliss-reactive ketones (excluding diaryl/α,β-unsaturated/α-hetero) is 2. The summed E-state index contributed by atoms with van der Waals surface area (Å²) in [6.45, 7) is 0. The van der Waals surface area contributed by atoms with Crippen LogP contribution in [0.15, 0.2) is 24.3 Å². The molecule has 0 saturated heterocycles. The van der Waals surface area contributed by atoms with E-state index in [9.17, 15) is 9.59 Å². The Labute approximate surface area is 98.9 Å². The summed E-state index contributed by atoms with van der Waals surface area (Å²) in [5.41, 5.74) is 0.961. The Morgan fingerprint density at radius 3 is 1.57 bits per heavy atom. The van der Waals surface area contributed by atoms with Gasteiger partial charge in [-0.3, -0.25) is 9.59 Å². The number of alkyl halides is 2. The fourth-order valence-corrected chi connectivity index (χ4v) is 1.72. The normalized spacial score (nSPS) is 9.86. The minimum atomic E-state index is -0.0742. The Morgan fingerprint density at radius 2 is 1.29 bits per heavy atom. The van der Waals surface area contributed by atoms with Crippen molar-refractivity contribution in [3.05, 3.63) is 35.4 Å². The molecule has 0 spiro atoms. The van der Waals surface area contributed by atoms with Gasteiger partial charge in [0.05, 0.1) is 10.7 Å². The van der Waals surface area contributed by atoms with Crippen LogP contribution in [0.2, 0.25) is 0 Å². The minimum Gasteiger partial charge on any atom is -0.293 e. The number of hydrogen-bond acceptors (Lipinski definition) is 2. The first kappa shape index (κ1) is 11.6. The molecule has 0 aromatic heterocycles. The Bertz CT molecular complexity index is 326. The molecule has 0 bridgehead atoms. The lowest BCUT2D eigenvalue weighted by atomic mass is 10.0. The van der Waals surface area contributed by atoms with Crippen LogP contribution in [0.5, 0.6) is 0 Å². The molecule has 0 aliphatic heterocycles. The van der Waals surface area contributed by atoms with E-state index in [1.807, 2.05) is 0 Å². The van der Waals surface area contributed by atoms with Gasteiger partial charge < -0.3 is 0 Å². The summed E-state index contributed by atoms with van der Waals surface area (Å²) in [6, 6.07) is 6.83. The molecule has 0 fully saturated rings. The quantitative estimate of drug-likeness (QED) is 0.631. The predicted octanol–water partition coefficient (Wildman–Crippen LogP) is 2.84. The van der Waals surface area contributed by atoms with Crippen LogP contribution in [-0.4, -0.2) is 22.2 Å². The maximum Gasteiger partial charge on any atom is 0.174 e. The molecule has 0 amide bonds. The highest BCUT2D eigenvalue weighted by Crippen LogP contribution is 2.12. The molecule has 1 aromatic rings. The van der Waals surface area contributed by atoms with E-state index in [0.717, 1.165) is 0 Å². The van der Waals surface area contributed by atoms with E-state index >= 15 is 0 Å². The van der Waals surface area contributed by atoms with E-state index in [2.05, 4.69) is 31.9 Å². The highest BCUT2D eigenvalue weighted by atomic mass is 79.9. The van der Waals surface area contributed by atoms with Gasteiger partial charge in [-0.2, -0.15) is 0 Å². The molecule has 0 aliphatic rings. The maximum absolute atomic E-state index is 11.4. The molecular weight excluding hydrogens is 312 g/mol. The van der Waals surface area contributed by atoms with Crippen LogP contribution in [-0.2, 0) is 0 Å². The van der Waals surface area contributed by atoms with Crippen molar-refractivity contribution in [2.24, 2.45) is 0 Å². The molecule has 2 nitrogen and oxygen atoms in total. The van der Waals surface area contributed by atoms with Crippen molar-refractivity contribution in [2.45, 2.75) is 0 Å². The van der Waals surface area contributed by atoms with Gasteiger partial charge in [0.15, 0.2) is 11.6 Å². The third kappa shape index (κ3) is 2.51. The number of carbonyl (C=O) groups is 2. The summed E-state index contributed by atoms with van der Waals surface area (Å²) in [5, 5.41) is 0.471. The van der Waals surface area contributed by atoms with E-state index < -0.39 is 0 Å². The van der Waals surface area contributed by atoms with Crippen LogP contribution < -0.4 is 0 Å². The molecule has 74 valence electrons. The fraction of sp³-hybridized carbons (Fsp3) is 0.200. The minimum absolute atomic E-state index is 0.0742. The largest absolute Gasteiger partial charge is 0.293 e. The first-order chi connectivity index (χ1) is 6.70. The second-order valence-electron chi connectivity index (χ2n) is 2.66. The van der Waals surface area contributed by atoms with Crippen LogP contribution in [0, 0.1) is 0 Å². The van der Waals surface area contributed by atoms with Crippen LogP contribution in [0.3, 0.4) is 0 Å². The second-order valence-corrected chi connectivity index (χ2v) is 3.78. The topological polar surface area (TPSA) is 34.1 Å². The Balaban J connectivity index is 3.15. The van der Waals surface area contributed by atoms with Gasteiger partial charge in [-0.25, -0.2) is 0 Å². The van der Waals surface area contributed by atoms with E-state index in [1.54, 1.807) is 24.3 Å². The smallest absolute Gasteiger partial charge is 0.174 e. The SMILES string of the molecule is O=C(CBr)c1ccccc1C(=O)CBr. The van der Waals surface area contributed by atoms with Gasteiger partial charge in [0.1, 0.15) is 0 Å². The summed E-state index contributed by atoms with van der Waals surface area (Å²) >= 11 is 6.17. The molecule has 0 aliphatic carbocycles. The lowest BCUT2D eigenvalue weighted by Gasteiger charge is -2.03. The molecule has 0 radical (unpaired) electrons. The van der Waals surface area contributed by atoms with Crippen molar-refractivity contribution in [1.82, 2.24) is 0 Å². The van der Waals surface area contributed by atoms with Crippen molar-refractivity contribution in [2.75, 3.05) is 10.7 Å². The molecule has 1 rings (SSSR count). The molecule has 1 aromatic carbocycles. The second kappa shape index (κ2) is 5.41.